The zero-order valence-electron chi connectivity index (χ0n) is 11.8. The van der Waals surface area contributed by atoms with Gasteiger partial charge in [0.2, 0.25) is 0 Å². The molecule has 0 saturated carbocycles. The van der Waals surface area contributed by atoms with E-state index in [9.17, 15) is 5.11 Å². The van der Waals surface area contributed by atoms with Crippen molar-refractivity contribution in [1.82, 2.24) is 5.32 Å². The fraction of sp³-hybridized carbons (Fsp3) is 0.333. The predicted octanol–water partition coefficient (Wildman–Crippen LogP) is 2.69. The molecule has 0 aliphatic heterocycles. The summed E-state index contributed by atoms with van der Waals surface area (Å²) in [5.74, 6) is 0.305. The molecule has 1 atom stereocenters. The van der Waals surface area contributed by atoms with E-state index >= 15 is 0 Å². The van der Waals surface area contributed by atoms with Crippen LogP contribution >= 0.6 is 0 Å². The van der Waals surface area contributed by atoms with E-state index in [1.165, 1.54) is 22.3 Å². The minimum atomic E-state index is -0.316. The molecule has 1 aliphatic rings. The lowest BCUT2D eigenvalue weighted by Gasteiger charge is -2.30. The van der Waals surface area contributed by atoms with Gasteiger partial charge < -0.3 is 10.4 Å². The second-order valence-corrected chi connectivity index (χ2v) is 5.57. The highest BCUT2D eigenvalue weighted by atomic mass is 16.3. The third-order valence-electron chi connectivity index (χ3n) is 4.19. The molecule has 0 fully saturated rings. The van der Waals surface area contributed by atoms with E-state index in [-0.39, 0.29) is 6.10 Å². The third kappa shape index (κ3) is 2.49. The highest BCUT2D eigenvalue weighted by Gasteiger charge is 2.26. The monoisotopic (exact) mass is 267 g/mol. The third-order valence-corrected chi connectivity index (χ3v) is 4.19. The van der Waals surface area contributed by atoms with Crippen LogP contribution in [0.5, 0.6) is 0 Å². The van der Waals surface area contributed by atoms with Crippen LogP contribution in [0.1, 0.15) is 34.6 Å². The van der Waals surface area contributed by atoms with Gasteiger partial charge in [0.25, 0.3) is 0 Å². The van der Waals surface area contributed by atoms with Gasteiger partial charge in [-0.2, -0.15) is 0 Å². The lowest BCUT2D eigenvalue weighted by atomic mass is 9.76. The number of aliphatic hydroxyl groups is 1. The van der Waals surface area contributed by atoms with Crippen molar-refractivity contribution in [2.75, 3.05) is 13.6 Å². The van der Waals surface area contributed by atoms with Crippen molar-refractivity contribution in [3.63, 3.8) is 0 Å². The number of benzene rings is 2. The van der Waals surface area contributed by atoms with Gasteiger partial charge in [-0.05, 0) is 42.1 Å². The summed E-state index contributed by atoms with van der Waals surface area (Å²) in [5, 5.41) is 13.2. The van der Waals surface area contributed by atoms with Crippen molar-refractivity contribution in [3.8, 4) is 0 Å². The molecule has 0 amide bonds. The Bertz CT molecular complexity index is 548. The molecule has 0 bridgehead atoms. The summed E-state index contributed by atoms with van der Waals surface area (Å²) in [4.78, 5) is 0. The van der Waals surface area contributed by atoms with E-state index in [0.717, 1.165) is 12.8 Å². The molecular weight excluding hydrogens is 246 g/mol. The fourth-order valence-electron chi connectivity index (χ4n) is 3.29. The summed E-state index contributed by atoms with van der Waals surface area (Å²) in [5.41, 5.74) is 5.54. The Morgan fingerprint density at radius 2 is 1.60 bits per heavy atom. The van der Waals surface area contributed by atoms with Gasteiger partial charge in [-0.15, -0.1) is 0 Å². The van der Waals surface area contributed by atoms with Gasteiger partial charge in [-0.3, -0.25) is 0 Å². The van der Waals surface area contributed by atoms with Crippen molar-refractivity contribution in [1.29, 1.82) is 0 Å². The average Bonchev–Trinajstić information content (AvgIpc) is 2.47. The SMILES string of the molecule is CNC[C@H](O)CC1c2ccccc2Cc2ccccc21. The Balaban J connectivity index is 1.99. The van der Waals surface area contributed by atoms with Crippen LogP contribution in [0, 0.1) is 0 Å². The smallest absolute Gasteiger partial charge is 0.0673 e. The second-order valence-electron chi connectivity index (χ2n) is 5.57. The molecule has 2 nitrogen and oxygen atoms in total. The molecule has 20 heavy (non-hydrogen) atoms. The summed E-state index contributed by atoms with van der Waals surface area (Å²) in [6, 6.07) is 17.3. The zero-order valence-corrected chi connectivity index (χ0v) is 11.8. The van der Waals surface area contributed by atoms with Gasteiger partial charge in [-0.25, -0.2) is 0 Å². The average molecular weight is 267 g/mol. The first kappa shape index (κ1) is 13.3. The molecular formula is C18H21NO. The van der Waals surface area contributed by atoms with Gasteiger partial charge >= 0.3 is 0 Å². The fourth-order valence-corrected chi connectivity index (χ4v) is 3.29. The first-order valence-corrected chi connectivity index (χ1v) is 7.28. The zero-order chi connectivity index (χ0) is 13.9. The van der Waals surface area contributed by atoms with Crippen molar-refractivity contribution < 1.29 is 5.11 Å². The first-order chi connectivity index (χ1) is 9.79. The number of nitrogens with one attached hydrogen (secondary N) is 1. The molecule has 3 rings (SSSR count). The number of hydrogen-bond acceptors (Lipinski definition) is 2. The molecule has 2 aromatic carbocycles. The predicted molar refractivity (Wildman–Crippen MR) is 82.1 cm³/mol. The van der Waals surface area contributed by atoms with Crippen LogP contribution < -0.4 is 5.32 Å². The lowest BCUT2D eigenvalue weighted by Crippen LogP contribution is -2.27. The quantitative estimate of drug-likeness (QED) is 0.892. The molecule has 0 heterocycles. The van der Waals surface area contributed by atoms with Crippen LogP contribution in [0.4, 0.5) is 0 Å². The van der Waals surface area contributed by atoms with Crippen molar-refractivity contribution in [3.05, 3.63) is 70.8 Å². The van der Waals surface area contributed by atoms with Gasteiger partial charge in [0, 0.05) is 12.5 Å². The number of fused-ring (bicyclic) bond motifs is 2. The minimum absolute atomic E-state index is 0.305. The molecule has 2 aromatic rings. The van der Waals surface area contributed by atoms with Crippen LogP contribution in [0.2, 0.25) is 0 Å². The van der Waals surface area contributed by atoms with Crippen molar-refractivity contribution in [2.45, 2.75) is 24.9 Å². The molecule has 2 heteroatoms. The van der Waals surface area contributed by atoms with Gasteiger partial charge in [-0.1, -0.05) is 48.5 Å². The maximum Gasteiger partial charge on any atom is 0.0673 e. The van der Waals surface area contributed by atoms with E-state index in [1.807, 2.05) is 7.05 Å². The van der Waals surface area contributed by atoms with Crippen LogP contribution in [0.3, 0.4) is 0 Å². The highest BCUT2D eigenvalue weighted by molar-refractivity contribution is 5.49. The Hall–Kier alpha value is -1.64. The van der Waals surface area contributed by atoms with E-state index in [2.05, 4.69) is 53.8 Å². The van der Waals surface area contributed by atoms with Gasteiger partial charge in [0.1, 0.15) is 0 Å². The van der Waals surface area contributed by atoms with E-state index in [4.69, 9.17) is 0 Å². The molecule has 2 N–H and O–H groups in total. The van der Waals surface area contributed by atoms with Gasteiger partial charge in [0.05, 0.1) is 6.10 Å². The molecule has 104 valence electrons. The molecule has 1 aliphatic carbocycles. The van der Waals surface area contributed by atoms with E-state index in [0.29, 0.717) is 12.5 Å². The topological polar surface area (TPSA) is 32.3 Å². The number of rotatable bonds is 4. The molecule has 0 saturated heterocycles. The first-order valence-electron chi connectivity index (χ1n) is 7.28. The van der Waals surface area contributed by atoms with Crippen molar-refractivity contribution in [2.24, 2.45) is 0 Å². The Morgan fingerprint density at radius 1 is 1.05 bits per heavy atom. The summed E-state index contributed by atoms with van der Waals surface area (Å²) >= 11 is 0. The Morgan fingerprint density at radius 3 is 2.15 bits per heavy atom. The summed E-state index contributed by atoms with van der Waals surface area (Å²) < 4.78 is 0. The lowest BCUT2D eigenvalue weighted by molar-refractivity contribution is 0.159. The number of hydrogen-bond donors (Lipinski definition) is 2. The normalized spacial score (nSPS) is 15.5. The molecule has 0 unspecified atom stereocenters. The maximum atomic E-state index is 10.2. The molecule has 0 aromatic heterocycles. The molecule has 0 spiro atoms. The van der Waals surface area contributed by atoms with Crippen molar-refractivity contribution >= 4 is 0 Å². The second kappa shape index (κ2) is 5.78. The standard InChI is InChI=1S/C18H21NO/c1-19-12-15(20)11-18-16-8-4-2-6-13(16)10-14-7-3-5-9-17(14)18/h2-9,15,18-20H,10-12H2,1H3/t15-/m1/s1. The Kier molecular flexibility index (Phi) is 3.86. The van der Waals surface area contributed by atoms with Crippen LogP contribution in [-0.2, 0) is 6.42 Å². The minimum Gasteiger partial charge on any atom is -0.392 e. The highest BCUT2D eigenvalue weighted by Crippen LogP contribution is 2.38. The number of aliphatic hydroxyl groups excluding tert-OH is 1. The summed E-state index contributed by atoms with van der Waals surface area (Å²) in [6.45, 7) is 0.640. The van der Waals surface area contributed by atoms with Crippen LogP contribution in [0.25, 0.3) is 0 Å². The maximum absolute atomic E-state index is 10.2. The van der Waals surface area contributed by atoms with E-state index in [1.54, 1.807) is 0 Å². The molecule has 0 radical (unpaired) electrons. The van der Waals surface area contributed by atoms with Gasteiger partial charge in [0.15, 0.2) is 0 Å². The number of likely N-dealkylation sites (N-methyl/N-ethyl adjacent to an activating group) is 1. The summed E-state index contributed by atoms with van der Waals surface area (Å²) in [6.07, 6.45) is 1.46. The van der Waals surface area contributed by atoms with Crippen LogP contribution in [0.15, 0.2) is 48.5 Å². The van der Waals surface area contributed by atoms with Crippen LogP contribution in [-0.4, -0.2) is 24.8 Å². The largest absolute Gasteiger partial charge is 0.392 e. The Labute approximate surface area is 120 Å². The van der Waals surface area contributed by atoms with E-state index < -0.39 is 0 Å². The summed E-state index contributed by atoms with van der Waals surface area (Å²) in [7, 11) is 1.88.